The second-order valence-corrected chi connectivity index (χ2v) is 4.64. The highest BCUT2D eigenvalue weighted by atomic mass is 16.5. The summed E-state index contributed by atoms with van der Waals surface area (Å²) >= 11 is 0. The number of carbonyl (C=O) groups is 1. The van der Waals surface area contributed by atoms with Gasteiger partial charge in [-0.1, -0.05) is 37.5 Å². The number of benzene rings is 1. The molecule has 1 aliphatic carbocycles. The maximum absolute atomic E-state index is 11.9. The Morgan fingerprint density at radius 1 is 1.24 bits per heavy atom. The van der Waals surface area contributed by atoms with E-state index >= 15 is 0 Å². The summed E-state index contributed by atoms with van der Waals surface area (Å²) in [6.45, 7) is 2.29. The number of ether oxygens (including phenoxy) is 1. The Morgan fingerprint density at radius 3 is 2.65 bits per heavy atom. The summed E-state index contributed by atoms with van der Waals surface area (Å²) in [4.78, 5) is 11.9. The molecule has 2 nitrogen and oxygen atoms in total. The van der Waals surface area contributed by atoms with Crippen LogP contribution >= 0.6 is 0 Å². The first kappa shape index (κ1) is 12.2. The van der Waals surface area contributed by atoms with Crippen LogP contribution < -0.4 is 0 Å². The van der Waals surface area contributed by atoms with Crippen molar-refractivity contribution in [2.75, 3.05) is 6.61 Å². The van der Waals surface area contributed by atoms with E-state index in [9.17, 15) is 4.79 Å². The average Bonchev–Trinajstić information content (AvgIpc) is 2.40. The molecule has 0 heterocycles. The molecule has 1 aromatic rings. The zero-order chi connectivity index (χ0) is 12.1. The molecule has 0 unspecified atom stereocenters. The molecule has 0 amide bonds. The first-order valence-corrected chi connectivity index (χ1v) is 6.59. The molecule has 0 radical (unpaired) electrons. The maximum Gasteiger partial charge on any atom is 0.338 e. The van der Waals surface area contributed by atoms with Gasteiger partial charge in [-0.15, -0.1) is 0 Å². The lowest BCUT2D eigenvalue weighted by molar-refractivity contribution is 0.0524. The highest BCUT2D eigenvalue weighted by Gasteiger charge is 2.21. The van der Waals surface area contributed by atoms with Crippen molar-refractivity contribution in [3.63, 3.8) is 0 Å². The van der Waals surface area contributed by atoms with Crippen LogP contribution in [0.2, 0.25) is 0 Å². The van der Waals surface area contributed by atoms with Crippen molar-refractivity contribution >= 4 is 5.97 Å². The monoisotopic (exact) mass is 232 g/mol. The lowest BCUT2D eigenvalue weighted by atomic mass is 9.82. The lowest BCUT2D eigenvalue weighted by Gasteiger charge is -2.23. The van der Waals surface area contributed by atoms with Gasteiger partial charge in [-0.2, -0.15) is 0 Å². The van der Waals surface area contributed by atoms with Crippen LogP contribution in [0.1, 0.15) is 60.9 Å². The van der Waals surface area contributed by atoms with Gasteiger partial charge in [0.2, 0.25) is 0 Å². The van der Waals surface area contributed by atoms with Crippen molar-refractivity contribution < 1.29 is 9.53 Å². The quantitative estimate of drug-likeness (QED) is 0.738. The second-order valence-electron chi connectivity index (χ2n) is 4.64. The molecule has 17 heavy (non-hydrogen) atoms. The Hall–Kier alpha value is -1.31. The molecule has 2 heteroatoms. The highest BCUT2D eigenvalue weighted by Crippen LogP contribution is 2.34. The molecular formula is C15H20O2. The molecular weight excluding hydrogens is 212 g/mol. The number of rotatable bonds is 3. The van der Waals surface area contributed by atoms with E-state index in [1.165, 1.54) is 37.7 Å². The van der Waals surface area contributed by atoms with E-state index in [0.717, 1.165) is 5.56 Å². The van der Waals surface area contributed by atoms with Crippen molar-refractivity contribution in [3.05, 3.63) is 35.4 Å². The van der Waals surface area contributed by atoms with E-state index in [0.29, 0.717) is 12.5 Å². The topological polar surface area (TPSA) is 26.3 Å². The van der Waals surface area contributed by atoms with E-state index in [1.807, 2.05) is 25.1 Å². The standard InChI is InChI=1S/C15H20O2/c1-2-17-15(16)14-11-7-6-10-13(14)12-8-4-3-5-9-12/h6-7,10-12H,2-5,8-9H2,1H3. The Bertz CT molecular complexity index is 378. The SMILES string of the molecule is CCOC(=O)c1ccccc1C1CCCCC1. The number of hydrogen-bond donors (Lipinski definition) is 0. The minimum Gasteiger partial charge on any atom is -0.462 e. The molecule has 0 bridgehead atoms. The largest absolute Gasteiger partial charge is 0.462 e. The Labute approximate surface area is 103 Å². The minimum absolute atomic E-state index is 0.173. The average molecular weight is 232 g/mol. The van der Waals surface area contributed by atoms with Gasteiger partial charge in [0.1, 0.15) is 0 Å². The molecule has 0 atom stereocenters. The highest BCUT2D eigenvalue weighted by molar-refractivity contribution is 5.91. The second kappa shape index (κ2) is 5.85. The summed E-state index contributed by atoms with van der Waals surface area (Å²) in [6.07, 6.45) is 6.30. The van der Waals surface area contributed by atoms with Gasteiger partial charge in [0.25, 0.3) is 0 Å². The van der Waals surface area contributed by atoms with Crippen LogP contribution in [0.5, 0.6) is 0 Å². The molecule has 1 aromatic carbocycles. The number of carbonyl (C=O) groups excluding carboxylic acids is 1. The third-order valence-electron chi connectivity index (χ3n) is 3.50. The Kier molecular flexibility index (Phi) is 4.18. The fourth-order valence-electron chi connectivity index (χ4n) is 2.66. The smallest absolute Gasteiger partial charge is 0.338 e. The van der Waals surface area contributed by atoms with Crippen molar-refractivity contribution in [2.45, 2.75) is 44.9 Å². The zero-order valence-electron chi connectivity index (χ0n) is 10.4. The third-order valence-corrected chi connectivity index (χ3v) is 3.50. The van der Waals surface area contributed by atoms with E-state index in [4.69, 9.17) is 4.74 Å². The Morgan fingerprint density at radius 2 is 1.94 bits per heavy atom. The summed E-state index contributed by atoms with van der Waals surface area (Å²) in [5.74, 6) is 0.373. The van der Waals surface area contributed by atoms with Gasteiger partial charge in [-0.25, -0.2) is 4.79 Å². The molecule has 92 valence electrons. The zero-order valence-corrected chi connectivity index (χ0v) is 10.4. The van der Waals surface area contributed by atoms with Crippen molar-refractivity contribution in [3.8, 4) is 0 Å². The van der Waals surface area contributed by atoms with Gasteiger partial charge in [-0.3, -0.25) is 0 Å². The summed E-state index contributed by atoms with van der Waals surface area (Å²) in [6, 6.07) is 7.91. The van der Waals surface area contributed by atoms with Crippen molar-refractivity contribution in [1.29, 1.82) is 0 Å². The predicted octanol–water partition coefficient (Wildman–Crippen LogP) is 3.91. The fraction of sp³-hybridized carbons (Fsp3) is 0.533. The van der Waals surface area contributed by atoms with E-state index in [-0.39, 0.29) is 5.97 Å². The summed E-state index contributed by atoms with van der Waals surface area (Å²) in [7, 11) is 0. The minimum atomic E-state index is -0.173. The van der Waals surface area contributed by atoms with Crippen LogP contribution in [0.15, 0.2) is 24.3 Å². The normalized spacial score (nSPS) is 16.8. The van der Waals surface area contributed by atoms with E-state index in [1.54, 1.807) is 0 Å². The third kappa shape index (κ3) is 2.87. The van der Waals surface area contributed by atoms with Crippen LogP contribution in [0.25, 0.3) is 0 Å². The summed E-state index contributed by atoms with van der Waals surface area (Å²) in [5, 5.41) is 0. The summed E-state index contributed by atoms with van der Waals surface area (Å²) in [5.41, 5.74) is 1.95. The van der Waals surface area contributed by atoms with Crippen LogP contribution in [-0.4, -0.2) is 12.6 Å². The summed E-state index contributed by atoms with van der Waals surface area (Å²) < 4.78 is 5.12. The van der Waals surface area contributed by atoms with E-state index < -0.39 is 0 Å². The predicted molar refractivity (Wildman–Crippen MR) is 68.2 cm³/mol. The molecule has 0 N–H and O–H groups in total. The fourth-order valence-corrected chi connectivity index (χ4v) is 2.66. The van der Waals surface area contributed by atoms with Gasteiger partial charge in [-0.05, 0) is 37.3 Å². The molecule has 1 fully saturated rings. The first-order valence-electron chi connectivity index (χ1n) is 6.59. The molecule has 0 saturated heterocycles. The van der Waals surface area contributed by atoms with Gasteiger partial charge in [0, 0.05) is 0 Å². The van der Waals surface area contributed by atoms with Gasteiger partial charge >= 0.3 is 5.97 Å². The Balaban J connectivity index is 2.23. The number of esters is 1. The van der Waals surface area contributed by atoms with Gasteiger partial charge in [0.15, 0.2) is 0 Å². The van der Waals surface area contributed by atoms with Crippen molar-refractivity contribution in [2.24, 2.45) is 0 Å². The van der Waals surface area contributed by atoms with E-state index in [2.05, 4.69) is 6.07 Å². The van der Waals surface area contributed by atoms with Crippen LogP contribution in [0.4, 0.5) is 0 Å². The molecule has 1 aliphatic rings. The maximum atomic E-state index is 11.9. The molecule has 0 spiro atoms. The van der Waals surface area contributed by atoms with Crippen LogP contribution in [0, 0.1) is 0 Å². The van der Waals surface area contributed by atoms with Crippen LogP contribution in [0.3, 0.4) is 0 Å². The molecule has 0 aliphatic heterocycles. The molecule has 2 rings (SSSR count). The van der Waals surface area contributed by atoms with Crippen molar-refractivity contribution in [1.82, 2.24) is 0 Å². The molecule has 0 aromatic heterocycles. The molecule has 1 saturated carbocycles. The van der Waals surface area contributed by atoms with Crippen LogP contribution in [-0.2, 0) is 4.74 Å². The van der Waals surface area contributed by atoms with Gasteiger partial charge in [0.05, 0.1) is 12.2 Å². The number of hydrogen-bond acceptors (Lipinski definition) is 2. The first-order chi connectivity index (χ1) is 8.33. The van der Waals surface area contributed by atoms with Gasteiger partial charge < -0.3 is 4.74 Å². The lowest BCUT2D eigenvalue weighted by Crippen LogP contribution is -2.12.